The fourth-order valence-electron chi connectivity index (χ4n) is 3.84. The first-order valence-corrected chi connectivity index (χ1v) is 13.0. The summed E-state index contributed by atoms with van der Waals surface area (Å²) in [5.74, 6) is -1.26. The van der Waals surface area contributed by atoms with Crippen molar-refractivity contribution in [2.45, 2.75) is 25.2 Å². The average molecular weight is 535 g/mol. The Labute approximate surface area is 199 Å². The van der Waals surface area contributed by atoms with E-state index >= 15 is 0 Å². The molecular formula is C22H23BrN4O5S. The molecule has 33 heavy (non-hydrogen) atoms. The van der Waals surface area contributed by atoms with Crippen LogP contribution in [-0.2, 0) is 14.8 Å². The zero-order valence-electron chi connectivity index (χ0n) is 18.1. The van der Waals surface area contributed by atoms with Crippen LogP contribution in [0.15, 0.2) is 40.9 Å². The van der Waals surface area contributed by atoms with Crippen molar-refractivity contribution in [1.29, 1.82) is 0 Å². The summed E-state index contributed by atoms with van der Waals surface area (Å²) in [4.78, 5) is 24.0. The minimum Gasteiger partial charge on any atom is -0.481 e. The van der Waals surface area contributed by atoms with E-state index in [1.807, 2.05) is 30.3 Å². The van der Waals surface area contributed by atoms with Gasteiger partial charge in [0.15, 0.2) is 0 Å². The molecule has 1 aliphatic rings. The van der Waals surface area contributed by atoms with E-state index in [1.54, 1.807) is 17.8 Å². The number of fused-ring (bicyclic) bond motifs is 1. The molecule has 1 heterocycles. The molecule has 4 rings (SSSR count). The Morgan fingerprint density at radius 1 is 1.24 bits per heavy atom. The maximum Gasteiger partial charge on any atom is 0.305 e. The highest BCUT2D eigenvalue weighted by Gasteiger charge is 2.32. The van der Waals surface area contributed by atoms with Gasteiger partial charge in [0, 0.05) is 23.5 Å². The highest BCUT2D eigenvalue weighted by Crippen LogP contribution is 2.46. The predicted molar refractivity (Wildman–Crippen MR) is 129 cm³/mol. The third kappa shape index (κ3) is 4.74. The lowest BCUT2D eigenvalue weighted by Gasteiger charge is -2.24. The minimum atomic E-state index is -3.74. The fourth-order valence-corrected chi connectivity index (χ4v) is 5.05. The van der Waals surface area contributed by atoms with Crippen LogP contribution in [0, 0.1) is 0 Å². The van der Waals surface area contributed by atoms with Crippen LogP contribution in [0.1, 0.15) is 41.2 Å². The molecule has 0 bridgehead atoms. The Morgan fingerprint density at radius 2 is 1.91 bits per heavy atom. The van der Waals surface area contributed by atoms with Gasteiger partial charge in [-0.15, -0.1) is 0 Å². The number of hydrogen-bond donors (Lipinski definition) is 2. The zero-order valence-corrected chi connectivity index (χ0v) is 20.5. The van der Waals surface area contributed by atoms with Crippen LogP contribution in [0.4, 0.5) is 5.69 Å². The highest BCUT2D eigenvalue weighted by atomic mass is 79.9. The van der Waals surface area contributed by atoms with Crippen molar-refractivity contribution in [1.82, 2.24) is 15.1 Å². The zero-order chi connectivity index (χ0) is 23.9. The van der Waals surface area contributed by atoms with E-state index in [4.69, 9.17) is 5.11 Å². The Morgan fingerprint density at radius 3 is 2.45 bits per heavy atom. The molecule has 0 radical (unpaired) electrons. The first kappa shape index (κ1) is 23.2. The Bertz CT molecular complexity index is 1350. The largest absolute Gasteiger partial charge is 0.481 e. The minimum absolute atomic E-state index is 0.145. The van der Waals surface area contributed by atoms with E-state index in [9.17, 15) is 18.0 Å². The number of nitrogens with zero attached hydrogens (tertiary/aromatic N) is 3. The van der Waals surface area contributed by atoms with Crippen LogP contribution >= 0.6 is 15.9 Å². The number of carboxylic acid groups (broad SMARTS) is 1. The molecule has 2 aromatic carbocycles. The number of carbonyl (C=O) groups is 2. The molecule has 1 amide bonds. The van der Waals surface area contributed by atoms with Gasteiger partial charge in [-0.2, -0.15) is 5.10 Å². The van der Waals surface area contributed by atoms with Crippen molar-refractivity contribution in [3.05, 3.63) is 52.1 Å². The molecule has 0 unspecified atom stereocenters. The number of amides is 1. The lowest BCUT2D eigenvalue weighted by molar-refractivity contribution is -0.136. The molecule has 9 nitrogen and oxygen atoms in total. The molecule has 1 aliphatic carbocycles. The van der Waals surface area contributed by atoms with E-state index in [0.29, 0.717) is 28.0 Å². The standard InChI is InChI=1S/C22H23BrN4O5S/c1-24-22(30)21-17-11-16(13-3-4-13)19(26(33(2,31)32)10-9-20(28)29)12-18(17)25-27(21)15-7-5-14(23)6-8-15/h5-8,11-13H,3-4,9-10H2,1-2H3,(H,24,30)(H,28,29). The van der Waals surface area contributed by atoms with Gasteiger partial charge in [0.05, 0.1) is 29.6 Å². The van der Waals surface area contributed by atoms with E-state index in [1.165, 1.54) is 0 Å². The van der Waals surface area contributed by atoms with E-state index < -0.39 is 16.0 Å². The molecule has 0 saturated heterocycles. The van der Waals surface area contributed by atoms with E-state index in [0.717, 1.165) is 33.4 Å². The summed E-state index contributed by atoms with van der Waals surface area (Å²) in [5.41, 5.74) is 2.66. The van der Waals surface area contributed by atoms with Gasteiger partial charge in [-0.1, -0.05) is 15.9 Å². The van der Waals surface area contributed by atoms with Crippen LogP contribution in [0.2, 0.25) is 0 Å². The predicted octanol–water partition coefficient (Wildman–Crippen LogP) is 3.27. The maximum absolute atomic E-state index is 12.8. The summed E-state index contributed by atoms with van der Waals surface area (Å²) in [6.45, 7) is -0.185. The van der Waals surface area contributed by atoms with Gasteiger partial charge in [-0.05, 0) is 60.7 Å². The van der Waals surface area contributed by atoms with Crippen LogP contribution in [-0.4, -0.2) is 55.0 Å². The Kier molecular flexibility index (Phi) is 6.19. The lowest BCUT2D eigenvalue weighted by atomic mass is 10.0. The quantitative estimate of drug-likeness (QED) is 0.457. The number of sulfonamides is 1. The van der Waals surface area contributed by atoms with Gasteiger partial charge in [0.1, 0.15) is 5.69 Å². The number of hydrogen-bond acceptors (Lipinski definition) is 5. The van der Waals surface area contributed by atoms with Gasteiger partial charge in [-0.3, -0.25) is 13.9 Å². The summed E-state index contributed by atoms with van der Waals surface area (Å²) in [6.07, 6.45) is 2.52. The molecule has 0 spiro atoms. The number of carbonyl (C=O) groups excluding carboxylic acids is 1. The van der Waals surface area contributed by atoms with Gasteiger partial charge >= 0.3 is 5.97 Å². The number of aliphatic carboxylic acids is 1. The first-order valence-electron chi connectivity index (χ1n) is 10.3. The molecule has 174 valence electrons. The average Bonchev–Trinajstić information content (AvgIpc) is 3.53. The summed E-state index contributed by atoms with van der Waals surface area (Å²) in [5, 5.41) is 17.0. The topological polar surface area (TPSA) is 122 Å². The summed E-state index contributed by atoms with van der Waals surface area (Å²) >= 11 is 3.40. The number of rotatable bonds is 8. The van der Waals surface area contributed by atoms with Crippen molar-refractivity contribution in [3.63, 3.8) is 0 Å². The van der Waals surface area contributed by atoms with Crippen LogP contribution < -0.4 is 9.62 Å². The van der Waals surface area contributed by atoms with Crippen molar-refractivity contribution >= 4 is 54.4 Å². The van der Waals surface area contributed by atoms with Crippen molar-refractivity contribution < 1.29 is 23.1 Å². The van der Waals surface area contributed by atoms with Gasteiger partial charge in [0.25, 0.3) is 5.91 Å². The fraction of sp³-hybridized carbons (Fsp3) is 0.318. The second-order valence-electron chi connectivity index (χ2n) is 8.00. The number of anilines is 1. The molecule has 11 heteroatoms. The van der Waals surface area contributed by atoms with Crippen molar-refractivity contribution in [3.8, 4) is 5.69 Å². The van der Waals surface area contributed by atoms with E-state index in [2.05, 4.69) is 26.3 Å². The third-order valence-electron chi connectivity index (χ3n) is 5.55. The number of carboxylic acids is 1. The summed E-state index contributed by atoms with van der Waals surface area (Å²) in [7, 11) is -2.20. The Hall–Kier alpha value is -2.92. The smallest absolute Gasteiger partial charge is 0.305 e. The monoisotopic (exact) mass is 534 g/mol. The SMILES string of the molecule is CNC(=O)c1c2cc(C3CC3)c(N(CCC(=O)O)S(C)(=O)=O)cc2nn1-c1ccc(Br)cc1. The van der Waals surface area contributed by atoms with Gasteiger partial charge in [-0.25, -0.2) is 13.1 Å². The van der Waals surface area contributed by atoms with Crippen molar-refractivity contribution in [2.24, 2.45) is 0 Å². The van der Waals surface area contributed by atoms with Gasteiger partial charge in [0.2, 0.25) is 10.0 Å². The second-order valence-corrected chi connectivity index (χ2v) is 10.8. The number of aromatic nitrogens is 2. The summed E-state index contributed by atoms with van der Waals surface area (Å²) < 4.78 is 28.7. The molecule has 1 aromatic heterocycles. The normalized spacial score (nSPS) is 13.8. The van der Waals surface area contributed by atoms with Crippen molar-refractivity contribution in [2.75, 3.05) is 24.2 Å². The molecule has 2 N–H and O–H groups in total. The molecule has 0 aliphatic heterocycles. The Balaban J connectivity index is 1.96. The highest BCUT2D eigenvalue weighted by molar-refractivity contribution is 9.10. The molecular weight excluding hydrogens is 512 g/mol. The summed E-state index contributed by atoms with van der Waals surface area (Å²) in [6, 6.07) is 10.8. The molecule has 3 aromatic rings. The van der Waals surface area contributed by atoms with E-state index in [-0.39, 0.29) is 24.8 Å². The third-order valence-corrected chi connectivity index (χ3v) is 7.26. The number of benzene rings is 2. The van der Waals surface area contributed by atoms with Crippen LogP contribution in [0.25, 0.3) is 16.6 Å². The van der Waals surface area contributed by atoms with Crippen LogP contribution in [0.5, 0.6) is 0 Å². The molecule has 1 saturated carbocycles. The van der Waals surface area contributed by atoms with Gasteiger partial charge < -0.3 is 10.4 Å². The van der Waals surface area contributed by atoms with Crippen LogP contribution in [0.3, 0.4) is 0 Å². The second kappa shape index (κ2) is 8.79. The number of halogens is 1. The number of nitrogens with one attached hydrogen (secondary N) is 1. The first-order chi connectivity index (χ1) is 15.6. The lowest BCUT2D eigenvalue weighted by Crippen LogP contribution is -2.32. The molecule has 0 atom stereocenters. The maximum atomic E-state index is 12.8. The molecule has 1 fully saturated rings.